The molecule has 0 saturated carbocycles. The summed E-state index contributed by atoms with van der Waals surface area (Å²) in [6.45, 7) is 14.6. The first-order chi connectivity index (χ1) is 16.0. The van der Waals surface area contributed by atoms with Crippen molar-refractivity contribution < 1.29 is 4.74 Å². The van der Waals surface area contributed by atoms with Crippen LogP contribution in [0.1, 0.15) is 36.5 Å². The molecule has 4 aromatic rings. The summed E-state index contributed by atoms with van der Waals surface area (Å²) in [6, 6.07) is 4.33. The van der Waals surface area contributed by atoms with Crippen molar-refractivity contribution in [1.29, 1.82) is 0 Å². The van der Waals surface area contributed by atoms with Crippen LogP contribution in [-0.2, 0) is 4.74 Å². The molecule has 5 rings (SSSR count). The zero-order chi connectivity index (χ0) is 23.1. The highest BCUT2D eigenvalue weighted by atomic mass is 16.5. The highest BCUT2D eigenvalue weighted by Crippen LogP contribution is 2.37. The molecule has 1 aliphatic rings. The maximum atomic E-state index is 5.23. The number of hydrogen-bond acceptors (Lipinski definition) is 6. The minimum Gasteiger partial charge on any atom is -0.383 e. The van der Waals surface area contributed by atoms with E-state index in [1.165, 1.54) is 11.1 Å². The van der Waals surface area contributed by atoms with Gasteiger partial charge in [-0.25, -0.2) is 14.5 Å². The largest absolute Gasteiger partial charge is 0.383 e. The Bertz CT molecular complexity index is 1280. The van der Waals surface area contributed by atoms with Gasteiger partial charge in [0, 0.05) is 57.2 Å². The van der Waals surface area contributed by atoms with E-state index in [0.717, 1.165) is 78.6 Å². The number of ether oxygens (including phenoxy) is 1. The molecule has 0 unspecified atom stereocenters. The predicted octanol–water partition coefficient (Wildman–Crippen LogP) is 3.78. The topological polar surface area (TPSA) is 74.6 Å². The molecule has 1 saturated heterocycles. The predicted molar refractivity (Wildman–Crippen MR) is 132 cm³/mol. The number of fused-ring (bicyclic) bond motifs is 2. The van der Waals surface area contributed by atoms with Crippen molar-refractivity contribution in [2.45, 2.75) is 33.6 Å². The third-order valence-corrected chi connectivity index (χ3v) is 6.95. The first-order valence-electron chi connectivity index (χ1n) is 11.8. The Labute approximate surface area is 194 Å². The summed E-state index contributed by atoms with van der Waals surface area (Å²) in [7, 11) is 1.76. The number of pyridine rings is 2. The molecule has 33 heavy (non-hydrogen) atoms. The Hall–Kier alpha value is -2.97. The minimum atomic E-state index is 0.327. The van der Waals surface area contributed by atoms with E-state index in [2.05, 4.69) is 70.9 Å². The molecular formula is C25H33N7O. The smallest absolute Gasteiger partial charge is 0.158 e. The Morgan fingerprint density at radius 2 is 1.88 bits per heavy atom. The highest BCUT2D eigenvalue weighted by molar-refractivity contribution is 5.90. The van der Waals surface area contributed by atoms with Crippen molar-refractivity contribution in [2.75, 3.05) is 51.3 Å². The average Bonchev–Trinajstić information content (AvgIpc) is 3.44. The van der Waals surface area contributed by atoms with Gasteiger partial charge in [0.1, 0.15) is 12.1 Å². The second-order valence-electron chi connectivity index (χ2n) is 9.28. The second-order valence-corrected chi connectivity index (χ2v) is 9.28. The van der Waals surface area contributed by atoms with Crippen LogP contribution in [0.5, 0.6) is 0 Å². The summed E-state index contributed by atoms with van der Waals surface area (Å²) in [4.78, 5) is 18.1. The third-order valence-electron chi connectivity index (χ3n) is 6.95. The van der Waals surface area contributed by atoms with Crippen LogP contribution in [0.4, 0.5) is 5.82 Å². The third kappa shape index (κ3) is 3.87. The molecule has 0 atom stereocenters. The van der Waals surface area contributed by atoms with Gasteiger partial charge in [-0.1, -0.05) is 13.8 Å². The fourth-order valence-corrected chi connectivity index (χ4v) is 4.90. The molecule has 1 fully saturated rings. The standard InChI is InChI=1S/C25H33N7O/c1-16(2)22-23(19-14-32-25(26-15-27-32)18(4)17(19)3)28-20-6-7-21(29-24(20)22)31-10-8-30(9-11-31)12-13-33-5/h6-7,14-16,28H,8-13H2,1-5H3. The lowest BCUT2D eigenvalue weighted by Gasteiger charge is -2.35. The van der Waals surface area contributed by atoms with Crippen LogP contribution in [0.25, 0.3) is 27.9 Å². The van der Waals surface area contributed by atoms with Gasteiger partial charge in [-0.05, 0) is 43.0 Å². The molecule has 0 bridgehead atoms. The monoisotopic (exact) mass is 447 g/mol. The summed E-state index contributed by atoms with van der Waals surface area (Å²) in [5, 5.41) is 4.39. The van der Waals surface area contributed by atoms with Crippen LogP contribution in [0.15, 0.2) is 24.7 Å². The molecular weight excluding hydrogens is 414 g/mol. The number of piperazine rings is 1. The number of nitrogens with one attached hydrogen (secondary N) is 1. The lowest BCUT2D eigenvalue weighted by atomic mass is 9.95. The lowest BCUT2D eigenvalue weighted by molar-refractivity contribution is 0.144. The molecule has 8 heteroatoms. The number of aromatic nitrogens is 5. The van der Waals surface area contributed by atoms with E-state index in [-0.39, 0.29) is 0 Å². The molecule has 174 valence electrons. The van der Waals surface area contributed by atoms with Gasteiger partial charge in [-0.3, -0.25) is 4.90 Å². The van der Waals surface area contributed by atoms with Gasteiger partial charge in [0.25, 0.3) is 0 Å². The van der Waals surface area contributed by atoms with Crippen LogP contribution in [0.2, 0.25) is 0 Å². The molecule has 4 aromatic heterocycles. The van der Waals surface area contributed by atoms with Crippen LogP contribution >= 0.6 is 0 Å². The fourth-order valence-electron chi connectivity index (χ4n) is 4.90. The maximum absolute atomic E-state index is 5.23. The lowest BCUT2D eigenvalue weighted by Crippen LogP contribution is -2.47. The quantitative estimate of drug-likeness (QED) is 0.485. The normalized spacial score (nSPS) is 15.4. The molecule has 0 aliphatic carbocycles. The number of H-pyrrole nitrogens is 1. The number of rotatable bonds is 6. The number of aryl methyl sites for hydroxylation is 1. The Morgan fingerprint density at radius 1 is 1.09 bits per heavy atom. The minimum absolute atomic E-state index is 0.327. The van der Waals surface area contributed by atoms with Gasteiger partial charge in [0.05, 0.1) is 23.3 Å². The van der Waals surface area contributed by atoms with E-state index in [1.54, 1.807) is 13.4 Å². The van der Waals surface area contributed by atoms with Gasteiger partial charge >= 0.3 is 0 Å². The molecule has 1 N–H and O–H groups in total. The number of nitrogens with zero attached hydrogens (tertiary/aromatic N) is 6. The van der Waals surface area contributed by atoms with E-state index in [1.807, 2.05) is 4.52 Å². The number of anilines is 1. The van der Waals surface area contributed by atoms with Crippen LogP contribution in [-0.4, -0.2) is 75.9 Å². The molecule has 8 nitrogen and oxygen atoms in total. The van der Waals surface area contributed by atoms with Crippen molar-refractivity contribution in [2.24, 2.45) is 0 Å². The molecule has 0 spiro atoms. The molecule has 5 heterocycles. The van der Waals surface area contributed by atoms with E-state index < -0.39 is 0 Å². The Morgan fingerprint density at radius 3 is 2.61 bits per heavy atom. The number of hydrogen-bond donors (Lipinski definition) is 1. The van der Waals surface area contributed by atoms with Gasteiger partial charge in [0.2, 0.25) is 0 Å². The fraction of sp³-hybridized carbons (Fsp3) is 0.480. The van der Waals surface area contributed by atoms with Gasteiger partial charge in [-0.2, -0.15) is 5.10 Å². The number of aromatic amines is 1. The first kappa shape index (κ1) is 21.9. The summed E-state index contributed by atoms with van der Waals surface area (Å²) in [5.74, 6) is 1.38. The SMILES string of the molecule is COCCN1CCN(c2ccc3[nH]c(-c4cn5ncnc5c(C)c4C)c(C(C)C)c3n2)CC1. The summed E-state index contributed by atoms with van der Waals surface area (Å²) >= 11 is 0. The highest BCUT2D eigenvalue weighted by Gasteiger charge is 2.23. The van der Waals surface area contributed by atoms with Gasteiger partial charge in [0.15, 0.2) is 5.65 Å². The van der Waals surface area contributed by atoms with Crippen molar-refractivity contribution in [1.82, 2.24) is 29.5 Å². The van der Waals surface area contributed by atoms with Gasteiger partial charge in [-0.15, -0.1) is 0 Å². The van der Waals surface area contributed by atoms with E-state index in [0.29, 0.717) is 5.92 Å². The zero-order valence-corrected chi connectivity index (χ0v) is 20.2. The van der Waals surface area contributed by atoms with Crippen LogP contribution in [0, 0.1) is 13.8 Å². The molecule has 0 radical (unpaired) electrons. The Kier molecular flexibility index (Phi) is 5.80. The van der Waals surface area contributed by atoms with Crippen LogP contribution in [0.3, 0.4) is 0 Å². The molecule has 0 amide bonds. The number of methoxy groups -OCH3 is 1. The van der Waals surface area contributed by atoms with Crippen molar-refractivity contribution in [3.8, 4) is 11.3 Å². The maximum Gasteiger partial charge on any atom is 0.158 e. The van der Waals surface area contributed by atoms with E-state index in [9.17, 15) is 0 Å². The molecule has 1 aliphatic heterocycles. The van der Waals surface area contributed by atoms with Crippen molar-refractivity contribution in [3.63, 3.8) is 0 Å². The summed E-state index contributed by atoms with van der Waals surface area (Å²) < 4.78 is 7.10. The first-order valence-corrected chi connectivity index (χ1v) is 11.8. The summed E-state index contributed by atoms with van der Waals surface area (Å²) in [6.07, 6.45) is 3.70. The average molecular weight is 448 g/mol. The van der Waals surface area contributed by atoms with E-state index >= 15 is 0 Å². The van der Waals surface area contributed by atoms with Crippen LogP contribution < -0.4 is 4.90 Å². The summed E-state index contributed by atoms with van der Waals surface area (Å²) in [5.41, 5.74) is 8.96. The van der Waals surface area contributed by atoms with Crippen molar-refractivity contribution >= 4 is 22.5 Å². The zero-order valence-electron chi connectivity index (χ0n) is 20.2. The van der Waals surface area contributed by atoms with Crippen molar-refractivity contribution in [3.05, 3.63) is 41.3 Å². The van der Waals surface area contributed by atoms with Gasteiger partial charge < -0.3 is 14.6 Å². The second kappa shape index (κ2) is 8.76. The van der Waals surface area contributed by atoms with E-state index in [4.69, 9.17) is 9.72 Å². The Balaban J connectivity index is 1.54. The molecule has 0 aromatic carbocycles.